The lowest BCUT2D eigenvalue weighted by atomic mass is 10.1. The van der Waals surface area contributed by atoms with Crippen molar-refractivity contribution in [1.82, 2.24) is 9.78 Å². The summed E-state index contributed by atoms with van der Waals surface area (Å²) in [6.45, 7) is 5.25. The van der Waals surface area contributed by atoms with Crippen molar-refractivity contribution in [3.8, 4) is 0 Å². The fraction of sp³-hybridized carbons (Fsp3) is 0.235. The average molecular weight is 342 g/mol. The summed E-state index contributed by atoms with van der Waals surface area (Å²) in [4.78, 5) is 25.4. The molecule has 3 aromatic rings. The van der Waals surface area contributed by atoms with Gasteiger partial charge in [-0.25, -0.2) is 0 Å². The zero-order chi connectivity index (χ0) is 17.4. The molecule has 3 rings (SSSR count). The minimum absolute atomic E-state index is 0.144. The van der Waals surface area contributed by atoms with Crippen molar-refractivity contribution < 1.29 is 9.59 Å². The molecule has 0 aliphatic rings. The van der Waals surface area contributed by atoms with Crippen LogP contribution in [0.1, 0.15) is 27.9 Å². The molecule has 0 aliphatic carbocycles. The summed E-state index contributed by atoms with van der Waals surface area (Å²) in [7, 11) is 1.87. The first-order chi connectivity index (χ1) is 11.4. The van der Waals surface area contributed by atoms with E-state index in [1.807, 2.05) is 33.0 Å². The average Bonchev–Trinajstić information content (AvgIpc) is 3.05. The minimum Gasteiger partial charge on any atom is -0.326 e. The number of carbonyl (C=O) groups excluding carboxylic acids is 2. The molecular formula is C17H18N4O2S. The Hall–Kier alpha value is -2.67. The fourth-order valence-electron chi connectivity index (χ4n) is 2.60. The quantitative estimate of drug-likeness (QED) is 0.765. The molecule has 6 nitrogen and oxygen atoms in total. The summed E-state index contributed by atoms with van der Waals surface area (Å²) in [6.07, 6.45) is 0. The monoisotopic (exact) mass is 342 g/mol. The van der Waals surface area contributed by atoms with Gasteiger partial charge in [-0.2, -0.15) is 5.10 Å². The van der Waals surface area contributed by atoms with Gasteiger partial charge in [-0.3, -0.25) is 14.3 Å². The highest BCUT2D eigenvalue weighted by Gasteiger charge is 2.16. The highest BCUT2D eigenvalue weighted by molar-refractivity contribution is 7.20. The second-order valence-corrected chi connectivity index (χ2v) is 6.68. The Balaban J connectivity index is 1.88. The minimum atomic E-state index is -0.168. The Kier molecular flexibility index (Phi) is 4.11. The molecule has 2 N–H and O–H groups in total. The summed E-state index contributed by atoms with van der Waals surface area (Å²) in [5.41, 5.74) is 3.10. The molecule has 24 heavy (non-hydrogen) atoms. The number of amides is 2. The predicted molar refractivity (Wildman–Crippen MR) is 96.8 cm³/mol. The number of carbonyl (C=O) groups is 2. The number of fused-ring (bicyclic) bond motifs is 1. The molecule has 7 heteroatoms. The van der Waals surface area contributed by atoms with Gasteiger partial charge in [0.1, 0.15) is 4.83 Å². The van der Waals surface area contributed by atoms with Crippen LogP contribution in [0.3, 0.4) is 0 Å². The number of nitrogens with zero attached hydrogens (tertiary/aromatic N) is 2. The first-order valence-corrected chi connectivity index (χ1v) is 8.30. The second kappa shape index (κ2) is 6.09. The first kappa shape index (κ1) is 16.2. The van der Waals surface area contributed by atoms with Crippen LogP contribution in [0.2, 0.25) is 0 Å². The van der Waals surface area contributed by atoms with E-state index in [1.165, 1.54) is 18.3 Å². The van der Waals surface area contributed by atoms with Gasteiger partial charge in [0.15, 0.2) is 0 Å². The topological polar surface area (TPSA) is 76.0 Å². The third-order valence-electron chi connectivity index (χ3n) is 3.81. The number of aromatic nitrogens is 2. The van der Waals surface area contributed by atoms with Crippen LogP contribution >= 0.6 is 11.3 Å². The standard InChI is InChI=1S/C17H18N4O2S/c1-9-13(18-11(3)22)6-5-7-14(9)19-16(23)15-8-12-10(2)20-21(4)17(12)24-15/h5-8H,1-4H3,(H,18,22)(H,19,23). The van der Waals surface area contributed by atoms with Crippen LogP contribution in [0.4, 0.5) is 11.4 Å². The second-order valence-electron chi connectivity index (χ2n) is 5.65. The first-order valence-electron chi connectivity index (χ1n) is 7.48. The van der Waals surface area contributed by atoms with Gasteiger partial charge >= 0.3 is 0 Å². The summed E-state index contributed by atoms with van der Waals surface area (Å²) >= 11 is 1.41. The van der Waals surface area contributed by atoms with Crippen molar-refractivity contribution in [3.63, 3.8) is 0 Å². The number of thiophene rings is 1. The van der Waals surface area contributed by atoms with Gasteiger partial charge in [0, 0.05) is 30.7 Å². The third kappa shape index (κ3) is 2.90. The maximum atomic E-state index is 12.6. The molecule has 0 radical (unpaired) electrons. The van der Waals surface area contributed by atoms with E-state index < -0.39 is 0 Å². The maximum absolute atomic E-state index is 12.6. The number of hydrogen-bond acceptors (Lipinski definition) is 4. The lowest BCUT2D eigenvalue weighted by Crippen LogP contribution is -2.13. The van der Waals surface area contributed by atoms with Crippen molar-refractivity contribution in [3.05, 3.63) is 40.4 Å². The van der Waals surface area contributed by atoms with Gasteiger partial charge < -0.3 is 10.6 Å². The Labute approximate surface area is 143 Å². The normalized spacial score (nSPS) is 10.8. The van der Waals surface area contributed by atoms with Gasteiger partial charge in [0.25, 0.3) is 5.91 Å². The fourth-order valence-corrected chi connectivity index (χ4v) is 3.62. The van der Waals surface area contributed by atoms with E-state index in [0.29, 0.717) is 16.3 Å². The molecule has 0 spiro atoms. The number of aryl methyl sites for hydroxylation is 2. The summed E-state index contributed by atoms with van der Waals surface area (Å²) in [5.74, 6) is -0.312. The van der Waals surface area contributed by atoms with Crippen molar-refractivity contribution in [2.45, 2.75) is 20.8 Å². The number of nitrogens with one attached hydrogen (secondary N) is 2. The van der Waals surface area contributed by atoms with Crippen LogP contribution in [0.5, 0.6) is 0 Å². The van der Waals surface area contributed by atoms with Crippen molar-refractivity contribution in [2.75, 3.05) is 10.6 Å². The zero-order valence-corrected chi connectivity index (χ0v) is 14.7. The Morgan fingerprint density at radius 1 is 1.17 bits per heavy atom. The Bertz CT molecular complexity index is 921. The SMILES string of the molecule is CC(=O)Nc1cccc(NC(=O)c2cc3c(C)nn(C)c3s2)c1C. The van der Waals surface area contributed by atoms with Gasteiger partial charge in [-0.15, -0.1) is 11.3 Å². The third-order valence-corrected chi connectivity index (χ3v) is 5.01. The highest BCUT2D eigenvalue weighted by atomic mass is 32.1. The van der Waals surface area contributed by atoms with Gasteiger partial charge in [-0.1, -0.05) is 6.07 Å². The maximum Gasteiger partial charge on any atom is 0.265 e. The molecule has 0 bridgehead atoms. The van der Waals surface area contributed by atoms with E-state index in [2.05, 4.69) is 15.7 Å². The molecule has 0 aliphatic heterocycles. The van der Waals surface area contributed by atoms with Crippen LogP contribution in [-0.2, 0) is 11.8 Å². The molecule has 1 aromatic carbocycles. The van der Waals surface area contributed by atoms with Crippen molar-refractivity contribution >= 4 is 44.7 Å². The van der Waals surface area contributed by atoms with E-state index >= 15 is 0 Å². The van der Waals surface area contributed by atoms with E-state index in [1.54, 1.807) is 16.8 Å². The van der Waals surface area contributed by atoms with Gasteiger partial charge in [-0.05, 0) is 37.6 Å². The van der Waals surface area contributed by atoms with Crippen LogP contribution < -0.4 is 10.6 Å². The summed E-state index contributed by atoms with van der Waals surface area (Å²) in [5, 5.41) is 11.0. The predicted octanol–water partition coefficient (Wildman–Crippen LogP) is 3.46. The van der Waals surface area contributed by atoms with Crippen molar-refractivity contribution in [2.24, 2.45) is 7.05 Å². The van der Waals surface area contributed by atoms with Crippen LogP contribution in [0.15, 0.2) is 24.3 Å². The van der Waals surface area contributed by atoms with E-state index in [9.17, 15) is 9.59 Å². The molecule has 124 valence electrons. The largest absolute Gasteiger partial charge is 0.326 e. The zero-order valence-electron chi connectivity index (χ0n) is 13.9. The highest BCUT2D eigenvalue weighted by Crippen LogP contribution is 2.29. The number of rotatable bonds is 3. The summed E-state index contributed by atoms with van der Waals surface area (Å²) < 4.78 is 1.79. The Morgan fingerprint density at radius 3 is 2.46 bits per heavy atom. The van der Waals surface area contributed by atoms with Crippen molar-refractivity contribution in [1.29, 1.82) is 0 Å². The molecule has 2 aromatic heterocycles. The molecule has 0 saturated heterocycles. The molecular weight excluding hydrogens is 324 g/mol. The van der Waals surface area contributed by atoms with Gasteiger partial charge in [0.2, 0.25) is 5.91 Å². The van der Waals surface area contributed by atoms with Crippen LogP contribution in [-0.4, -0.2) is 21.6 Å². The molecule has 0 fully saturated rings. The van der Waals surface area contributed by atoms with Gasteiger partial charge in [0.05, 0.1) is 10.6 Å². The van der Waals surface area contributed by atoms with E-state index in [4.69, 9.17) is 0 Å². The lowest BCUT2D eigenvalue weighted by Gasteiger charge is -2.12. The smallest absolute Gasteiger partial charge is 0.265 e. The lowest BCUT2D eigenvalue weighted by molar-refractivity contribution is -0.114. The number of benzene rings is 1. The molecule has 0 unspecified atom stereocenters. The van der Waals surface area contributed by atoms with Crippen LogP contribution in [0.25, 0.3) is 10.2 Å². The number of hydrogen-bond donors (Lipinski definition) is 2. The molecule has 2 heterocycles. The number of anilines is 2. The van der Waals surface area contributed by atoms with E-state index in [0.717, 1.165) is 21.5 Å². The molecule has 0 atom stereocenters. The molecule has 2 amide bonds. The van der Waals surface area contributed by atoms with Crippen LogP contribution in [0, 0.1) is 13.8 Å². The molecule has 0 saturated carbocycles. The summed E-state index contributed by atoms with van der Waals surface area (Å²) in [6, 6.07) is 7.29. The van der Waals surface area contributed by atoms with E-state index in [-0.39, 0.29) is 11.8 Å². The Morgan fingerprint density at radius 2 is 1.83 bits per heavy atom.